The molecule has 8 heteroatoms. The second kappa shape index (κ2) is 9.33. The highest BCUT2D eigenvalue weighted by molar-refractivity contribution is 5.95. The van der Waals surface area contributed by atoms with Gasteiger partial charge >= 0.3 is 5.97 Å². The molecule has 0 heterocycles. The number of hydrogen-bond acceptors (Lipinski definition) is 7. The van der Waals surface area contributed by atoms with Crippen molar-refractivity contribution in [2.45, 2.75) is 0 Å². The summed E-state index contributed by atoms with van der Waals surface area (Å²) in [6.45, 7) is -0.336. The fourth-order valence-electron chi connectivity index (χ4n) is 2.27. The SMILES string of the molecule is COC(=O)c1ccc(OC)cc1OCC(=O)Nc1cc(OC)ccc1OC. The molecule has 0 aliphatic carbocycles. The maximum Gasteiger partial charge on any atom is 0.341 e. The lowest BCUT2D eigenvalue weighted by Crippen LogP contribution is -2.21. The van der Waals surface area contributed by atoms with Crippen LogP contribution in [0, 0.1) is 0 Å². The molecule has 2 aromatic carbocycles. The summed E-state index contributed by atoms with van der Waals surface area (Å²) in [7, 11) is 5.76. The van der Waals surface area contributed by atoms with Gasteiger partial charge in [0, 0.05) is 12.1 Å². The minimum absolute atomic E-state index is 0.175. The quantitative estimate of drug-likeness (QED) is 0.709. The highest BCUT2D eigenvalue weighted by atomic mass is 16.5. The van der Waals surface area contributed by atoms with E-state index in [1.807, 2.05) is 0 Å². The summed E-state index contributed by atoms with van der Waals surface area (Å²) in [6.07, 6.45) is 0. The maximum absolute atomic E-state index is 12.3. The number of amides is 1. The topological polar surface area (TPSA) is 92.3 Å². The molecule has 0 saturated carbocycles. The Kier molecular flexibility index (Phi) is 6.87. The molecule has 0 radical (unpaired) electrons. The van der Waals surface area contributed by atoms with Crippen LogP contribution in [-0.2, 0) is 9.53 Å². The normalized spacial score (nSPS) is 9.93. The van der Waals surface area contributed by atoms with Crippen molar-refractivity contribution in [2.75, 3.05) is 40.4 Å². The monoisotopic (exact) mass is 375 g/mol. The van der Waals surface area contributed by atoms with Gasteiger partial charge in [-0.2, -0.15) is 0 Å². The van der Waals surface area contributed by atoms with E-state index in [4.69, 9.17) is 23.7 Å². The number of anilines is 1. The molecule has 0 bridgehead atoms. The van der Waals surface area contributed by atoms with Crippen LogP contribution >= 0.6 is 0 Å². The summed E-state index contributed by atoms with van der Waals surface area (Å²) in [5, 5.41) is 2.68. The van der Waals surface area contributed by atoms with E-state index in [-0.39, 0.29) is 17.9 Å². The third-order valence-corrected chi connectivity index (χ3v) is 3.63. The summed E-state index contributed by atoms with van der Waals surface area (Å²) in [6, 6.07) is 9.62. The number of carbonyl (C=O) groups excluding carboxylic acids is 2. The number of esters is 1. The van der Waals surface area contributed by atoms with Crippen molar-refractivity contribution in [1.82, 2.24) is 0 Å². The van der Waals surface area contributed by atoms with Gasteiger partial charge in [0.05, 0.1) is 34.1 Å². The molecule has 2 aromatic rings. The lowest BCUT2D eigenvalue weighted by atomic mass is 10.2. The van der Waals surface area contributed by atoms with Gasteiger partial charge in [-0.15, -0.1) is 0 Å². The molecule has 0 unspecified atom stereocenters. The number of hydrogen-bond donors (Lipinski definition) is 1. The van der Waals surface area contributed by atoms with E-state index >= 15 is 0 Å². The van der Waals surface area contributed by atoms with Gasteiger partial charge in [-0.1, -0.05) is 0 Å². The number of nitrogens with one attached hydrogen (secondary N) is 1. The average molecular weight is 375 g/mol. The molecule has 1 amide bonds. The summed E-state index contributed by atoms with van der Waals surface area (Å²) >= 11 is 0. The van der Waals surface area contributed by atoms with Crippen molar-refractivity contribution < 1.29 is 33.3 Å². The van der Waals surface area contributed by atoms with Crippen LogP contribution in [0.5, 0.6) is 23.0 Å². The Morgan fingerprint density at radius 1 is 0.852 bits per heavy atom. The van der Waals surface area contributed by atoms with Crippen LogP contribution in [0.4, 0.5) is 5.69 Å². The van der Waals surface area contributed by atoms with Gasteiger partial charge in [-0.25, -0.2) is 4.79 Å². The van der Waals surface area contributed by atoms with Crippen LogP contribution in [0.3, 0.4) is 0 Å². The Labute approximate surface area is 156 Å². The molecule has 0 aliphatic heterocycles. The predicted octanol–water partition coefficient (Wildman–Crippen LogP) is 2.52. The molecular weight excluding hydrogens is 354 g/mol. The smallest absolute Gasteiger partial charge is 0.341 e. The highest BCUT2D eigenvalue weighted by Crippen LogP contribution is 2.29. The van der Waals surface area contributed by atoms with Gasteiger partial charge in [0.1, 0.15) is 28.6 Å². The lowest BCUT2D eigenvalue weighted by molar-refractivity contribution is -0.118. The first-order valence-electron chi connectivity index (χ1n) is 7.93. The lowest BCUT2D eigenvalue weighted by Gasteiger charge is -2.14. The minimum Gasteiger partial charge on any atom is -0.497 e. The van der Waals surface area contributed by atoms with E-state index < -0.39 is 11.9 Å². The summed E-state index contributed by atoms with van der Waals surface area (Å²) < 4.78 is 25.7. The van der Waals surface area contributed by atoms with Crippen LogP contribution < -0.4 is 24.3 Å². The second-order valence-electron chi connectivity index (χ2n) is 5.26. The molecular formula is C19H21NO7. The Balaban J connectivity index is 2.13. The summed E-state index contributed by atoms with van der Waals surface area (Å²) in [4.78, 5) is 24.1. The third-order valence-electron chi connectivity index (χ3n) is 3.63. The zero-order chi connectivity index (χ0) is 19.8. The highest BCUT2D eigenvalue weighted by Gasteiger charge is 2.16. The van der Waals surface area contributed by atoms with E-state index in [9.17, 15) is 9.59 Å². The van der Waals surface area contributed by atoms with E-state index in [0.29, 0.717) is 22.9 Å². The molecule has 0 fully saturated rings. The number of rotatable bonds is 8. The zero-order valence-corrected chi connectivity index (χ0v) is 15.5. The van der Waals surface area contributed by atoms with Gasteiger partial charge < -0.3 is 29.0 Å². The van der Waals surface area contributed by atoms with E-state index in [0.717, 1.165) is 0 Å². The predicted molar refractivity (Wildman–Crippen MR) is 98.0 cm³/mol. The fraction of sp³-hybridized carbons (Fsp3) is 0.263. The van der Waals surface area contributed by atoms with Crippen LogP contribution in [0.2, 0.25) is 0 Å². The van der Waals surface area contributed by atoms with Crippen molar-refractivity contribution in [1.29, 1.82) is 0 Å². The van der Waals surface area contributed by atoms with Crippen LogP contribution in [0.25, 0.3) is 0 Å². The number of ether oxygens (including phenoxy) is 5. The van der Waals surface area contributed by atoms with Gasteiger partial charge in [0.25, 0.3) is 5.91 Å². The molecule has 0 atom stereocenters. The van der Waals surface area contributed by atoms with Crippen LogP contribution in [-0.4, -0.2) is 46.9 Å². The van der Waals surface area contributed by atoms with Gasteiger partial charge in [-0.05, 0) is 24.3 Å². The minimum atomic E-state index is -0.581. The van der Waals surface area contributed by atoms with Gasteiger partial charge in [0.2, 0.25) is 0 Å². The van der Waals surface area contributed by atoms with Crippen molar-refractivity contribution >= 4 is 17.6 Å². The van der Waals surface area contributed by atoms with Gasteiger partial charge in [-0.3, -0.25) is 4.79 Å². The van der Waals surface area contributed by atoms with Crippen molar-refractivity contribution in [3.05, 3.63) is 42.0 Å². The number of methoxy groups -OCH3 is 4. The molecule has 27 heavy (non-hydrogen) atoms. The Morgan fingerprint density at radius 2 is 1.52 bits per heavy atom. The van der Waals surface area contributed by atoms with Crippen LogP contribution in [0.1, 0.15) is 10.4 Å². The first-order chi connectivity index (χ1) is 13.0. The van der Waals surface area contributed by atoms with Crippen molar-refractivity contribution in [2.24, 2.45) is 0 Å². The molecule has 0 aliphatic rings. The largest absolute Gasteiger partial charge is 0.497 e. The molecule has 1 N–H and O–H groups in total. The van der Waals surface area contributed by atoms with Crippen LogP contribution in [0.15, 0.2) is 36.4 Å². The number of carbonyl (C=O) groups is 2. The second-order valence-corrected chi connectivity index (χ2v) is 5.26. The third kappa shape index (κ3) is 5.04. The molecule has 2 rings (SSSR count). The Morgan fingerprint density at radius 3 is 2.15 bits per heavy atom. The maximum atomic E-state index is 12.3. The molecule has 0 aromatic heterocycles. The average Bonchev–Trinajstić information content (AvgIpc) is 2.71. The summed E-state index contributed by atoms with van der Waals surface area (Å²) in [5.74, 6) is 0.665. The Bertz CT molecular complexity index is 820. The first-order valence-corrected chi connectivity index (χ1v) is 7.93. The molecule has 0 spiro atoms. The number of benzene rings is 2. The molecule has 0 saturated heterocycles. The van der Waals surface area contributed by atoms with Gasteiger partial charge in [0.15, 0.2) is 6.61 Å². The van der Waals surface area contributed by atoms with E-state index in [1.165, 1.54) is 40.6 Å². The fourth-order valence-corrected chi connectivity index (χ4v) is 2.27. The zero-order valence-electron chi connectivity index (χ0n) is 15.5. The van der Waals surface area contributed by atoms with Crippen molar-refractivity contribution in [3.63, 3.8) is 0 Å². The van der Waals surface area contributed by atoms with Crippen molar-refractivity contribution in [3.8, 4) is 23.0 Å². The van der Waals surface area contributed by atoms with E-state index in [1.54, 1.807) is 24.3 Å². The summed E-state index contributed by atoms with van der Waals surface area (Å²) in [5.41, 5.74) is 0.620. The Hall–Kier alpha value is -3.42. The first kappa shape index (κ1) is 19.9. The molecule has 8 nitrogen and oxygen atoms in total. The van der Waals surface area contributed by atoms with E-state index in [2.05, 4.69) is 5.32 Å². The standard InChI is InChI=1S/C19H21NO7/c1-23-12-6-8-16(25-3)15(9-12)20-18(21)11-27-17-10-13(24-2)5-7-14(17)19(22)26-4/h5-10H,11H2,1-4H3,(H,20,21). The molecule has 144 valence electrons.